The number of fused-ring (bicyclic) bond motifs is 5. The highest BCUT2D eigenvalue weighted by atomic mass is 19.1. The number of cyclic esters (lactones) is 1. The Morgan fingerprint density at radius 3 is 2.58 bits per heavy atom. The number of esters is 1. The monoisotopic (exact) mass is 521 g/mol. The lowest BCUT2D eigenvalue weighted by Gasteiger charge is -2.35. The van der Waals surface area contributed by atoms with Gasteiger partial charge >= 0.3 is 5.97 Å². The normalized spacial score (nSPS) is 23.0. The minimum absolute atomic E-state index is 0.0561. The lowest BCUT2D eigenvalue weighted by atomic mass is 9.81. The summed E-state index contributed by atoms with van der Waals surface area (Å²) in [6.07, 6.45) is -1.14. The first-order valence-electron chi connectivity index (χ1n) is 13.0. The molecule has 10 heteroatoms. The van der Waals surface area contributed by atoms with E-state index in [0.29, 0.717) is 35.3 Å². The van der Waals surface area contributed by atoms with Crippen LogP contribution in [0.2, 0.25) is 0 Å². The molecular formula is C28H28FN3O6. The van der Waals surface area contributed by atoms with Crippen LogP contribution in [0.5, 0.6) is 0 Å². The summed E-state index contributed by atoms with van der Waals surface area (Å²) >= 11 is 0. The van der Waals surface area contributed by atoms with Gasteiger partial charge in [-0.25, -0.2) is 14.2 Å². The molecule has 7 rings (SSSR count). The molecule has 3 unspecified atom stereocenters. The lowest BCUT2D eigenvalue weighted by Crippen LogP contribution is -2.34. The standard InChI is InChI=1S/C26H22FN3O6.C2H6/c1-10-12-2-3-18(29-7-11(31)4-20(29)32)22-14-8-30-19(23(14)28-17(21(12)22)6-16(10)27)5-13-15(25(30)34)9-36-26(35)24(13)33;1-2/h5-6,11,18,24,31,33H,2-4,7-9H2,1H3;1-2H3. The molecule has 4 aliphatic rings. The van der Waals surface area contributed by atoms with Crippen molar-refractivity contribution in [3.05, 3.63) is 61.7 Å². The number of halogens is 1. The average Bonchev–Trinajstić information content (AvgIpc) is 3.45. The number of hydrogen-bond acceptors (Lipinski definition) is 7. The van der Waals surface area contributed by atoms with E-state index in [1.807, 2.05) is 13.8 Å². The number of nitrogens with zero attached hydrogens (tertiary/aromatic N) is 3. The third-order valence-electron chi connectivity index (χ3n) is 8.13. The smallest absolute Gasteiger partial charge is 0.340 e. The van der Waals surface area contributed by atoms with Crippen molar-refractivity contribution in [2.24, 2.45) is 0 Å². The first-order valence-corrected chi connectivity index (χ1v) is 13.0. The van der Waals surface area contributed by atoms with Gasteiger partial charge in [-0.1, -0.05) is 13.8 Å². The van der Waals surface area contributed by atoms with Crippen molar-refractivity contribution in [3.8, 4) is 11.4 Å². The number of aryl methyl sites for hydroxylation is 1. The third kappa shape index (κ3) is 3.29. The number of aromatic nitrogens is 2. The topological polar surface area (TPSA) is 122 Å². The van der Waals surface area contributed by atoms with Crippen LogP contribution in [0.4, 0.5) is 4.39 Å². The van der Waals surface area contributed by atoms with E-state index in [4.69, 9.17) is 9.72 Å². The van der Waals surface area contributed by atoms with Crippen LogP contribution in [-0.2, 0) is 33.9 Å². The molecule has 3 aliphatic heterocycles. The Balaban J connectivity index is 0.00000129. The highest BCUT2D eigenvalue weighted by Crippen LogP contribution is 2.47. The number of β-amino-alcohol motifs (C(OH)–C–C–N with tert-alkyl or cyclic N) is 1. The molecule has 9 nitrogen and oxygen atoms in total. The molecule has 1 aromatic carbocycles. The van der Waals surface area contributed by atoms with Gasteiger partial charge < -0.3 is 24.4 Å². The lowest BCUT2D eigenvalue weighted by molar-refractivity contribution is -0.157. The quantitative estimate of drug-likeness (QED) is 0.369. The molecule has 3 aromatic rings. The van der Waals surface area contributed by atoms with Gasteiger partial charge in [-0.05, 0) is 42.5 Å². The van der Waals surface area contributed by atoms with Crippen LogP contribution in [0.1, 0.15) is 72.2 Å². The molecule has 1 fully saturated rings. The zero-order valence-electron chi connectivity index (χ0n) is 21.4. The first kappa shape index (κ1) is 24.7. The Hall–Kier alpha value is -3.63. The molecule has 5 heterocycles. The van der Waals surface area contributed by atoms with Crippen molar-refractivity contribution in [3.63, 3.8) is 0 Å². The van der Waals surface area contributed by atoms with E-state index in [2.05, 4.69) is 0 Å². The second-order valence-electron chi connectivity index (χ2n) is 10.0. The van der Waals surface area contributed by atoms with Crippen LogP contribution in [0.25, 0.3) is 22.3 Å². The maximum absolute atomic E-state index is 14.9. The van der Waals surface area contributed by atoms with Gasteiger partial charge in [0, 0.05) is 29.1 Å². The van der Waals surface area contributed by atoms with Crippen molar-refractivity contribution in [2.45, 2.75) is 71.4 Å². The van der Waals surface area contributed by atoms with Gasteiger partial charge in [-0.15, -0.1) is 0 Å². The molecule has 2 N–H and O–H groups in total. The number of ether oxygens (including phenoxy) is 1. The number of carbonyl (C=O) groups is 2. The number of pyridine rings is 2. The fourth-order valence-corrected chi connectivity index (χ4v) is 6.40. The van der Waals surface area contributed by atoms with Gasteiger partial charge in [-0.2, -0.15) is 0 Å². The van der Waals surface area contributed by atoms with Crippen LogP contribution in [0.3, 0.4) is 0 Å². The molecule has 0 radical (unpaired) electrons. The minimum atomic E-state index is -1.57. The SMILES string of the molecule is CC.Cc1c(F)cc2nc3c(c4c2c1CCC4N1CC(O)CC1=O)Cn1c-3cc2c(c1=O)COC(=O)C2O. The van der Waals surface area contributed by atoms with E-state index in [0.717, 1.165) is 22.1 Å². The average molecular weight is 522 g/mol. The van der Waals surface area contributed by atoms with Crippen molar-refractivity contribution in [2.75, 3.05) is 6.54 Å². The van der Waals surface area contributed by atoms with Crippen molar-refractivity contribution in [1.82, 2.24) is 14.5 Å². The Labute approximate surface area is 217 Å². The highest BCUT2D eigenvalue weighted by molar-refractivity contribution is 5.94. The molecule has 0 bridgehead atoms. The molecule has 0 spiro atoms. The summed E-state index contributed by atoms with van der Waals surface area (Å²) < 4.78 is 21.4. The maximum atomic E-state index is 14.9. The molecule has 3 atom stereocenters. The summed E-state index contributed by atoms with van der Waals surface area (Å²) in [5, 5.41) is 21.4. The van der Waals surface area contributed by atoms with Crippen LogP contribution in [-0.4, -0.2) is 49.2 Å². The van der Waals surface area contributed by atoms with Crippen LogP contribution in [0.15, 0.2) is 16.9 Å². The zero-order chi connectivity index (χ0) is 27.0. The summed E-state index contributed by atoms with van der Waals surface area (Å²) in [6.45, 7) is 5.92. The van der Waals surface area contributed by atoms with Gasteiger partial charge in [0.2, 0.25) is 5.91 Å². The second-order valence-corrected chi connectivity index (χ2v) is 10.0. The molecular weight excluding hydrogens is 493 g/mol. The Kier molecular flexibility index (Phi) is 5.66. The summed E-state index contributed by atoms with van der Waals surface area (Å²) in [4.78, 5) is 44.7. The fourth-order valence-electron chi connectivity index (χ4n) is 6.40. The van der Waals surface area contributed by atoms with Crippen molar-refractivity contribution >= 4 is 22.8 Å². The molecule has 38 heavy (non-hydrogen) atoms. The maximum Gasteiger partial charge on any atom is 0.340 e. The Bertz CT molecular complexity index is 1610. The van der Waals surface area contributed by atoms with E-state index < -0.39 is 18.2 Å². The minimum Gasteiger partial charge on any atom is -0.458 e. The summed E-state index contributed by atoms with van der Waals surface area (Å²) in [5.74, 6) is -1.34. The first-order chi connectivity index (χ1) is 18.2. The van der Waals surface area contributed by atoms with Crippen LogP contribution < -0.4 is 5.56 Å². The Morgan fingerprint density at radius 1 is 1.11 bits per heavy atom. The summed E-state index contributed by atoms with van der Waals surface area (Å²) in [6, 6.07) is 2.63. The largest absolute Gasteiger partial charge is 0.458 e. The van der Waals surface area contributed by atoms with Gasteiger partial charge in [0.1, 0.15) is 12.4 Å². The molecule has 2 aromatic heterocycles. The number of benzene rings is 1. The summed E-state index contributed by atoms with van der Waals surface area (Å²) in [5.41, 5.74) is 4.32. The number of carbonyl (C=O) groups excluding carboxylic acids is 2. The van der Waals surface area contributed by atoms with Crippen molar-refractivity contribution in [1.29, 1.82) is 0 Å². The van der Waals surface area contributed by atoms with E-state index >= 15 is 0 Å². The van der Waals surface area contributed by atoms with Gasteiger partial charge in [0.25, 0.3) is 5.56 Å². The number of amides is 1. The van der Waals surface area contributed by atoms with E-state index in [-0.39, 0.29) is 60.6 Å². The van der Waals surface area contributed by atoms with Crippen molar-refractivity contribution < 1.29 is 28.9 Å². The third-order valence-corrected chi connectivity index (χ3v) is 8.13. The predicted molar refractivity (Wildman–Crippen MR) is 135 cm³/mol. The Morgan fingerprint density at radius 2 is 1.87 bits per heavy atom. The van der Waals surface area contributed by atoms with Gasteiger partial charge in [0.05, 0.1) is 47.6 Å². The molecule has 1 saturated heterocycles. The zero-order valence-corrected chi connectivity index (χ0v) is 21.4. The van der Waals surface area contributed by atoms with Crippen LogP contribution >= 0.6 is 0 Å². The number of rotatable bonds is 1. The van der Waals surface area contributed by atoms with E-state index in [9.17, 15) is 29.0 Å². The number of hydrogen-bond donors (Lipinski definition) is 2. The van der Waals surface area contributed by atoms with E-state index in [1.54, 1.807) is 17.9 Å². The van der Waals surface area contributed by atoms with Crippen LogP contribution in [0, 0.1) is 12.7 Å². The fraction of sp³-hybridized carbons (Fsp3) is 0.429. The van der Waals surface area contributed by atoms with Gasteiger partial charge in [-0.3, -0.25) is 9.59 Å². The molecule has 198 valence electrons. The van der Waals surface area contributed by atoms with Gasteiger partial charge in [0.15, 0.2) is 6.10 Å². The number of aliphatic hydroxyl groups is 2. The summed E-state index contributed by atoms with van der Waals surface area (Å²) in [7, 11) is 0. The second kappa shape index (κ2) is 8.71. The predicted octanol–water partition coefficient (Wildman–Crippen LogP) is 2.57. The highest BCUT2D eigenvalue weighted by Gasteiger charge is 2.41. The number of aliphatic hydroxyl groups excluding tert-OH is 2. The molecule has 1 amide bonds. The molecule has 1 aliphatic carbocycles. The molecule has 0 saturated carbocycles. The number of likely N-dealkylation sites (tertiary alicyclic amines) is 1. The van der Waals surface area contributed by atoms with E-state index in [1.165, 1.54) is 10.6 Å².